The summed E-state index contributed by atoms with van der Waals surface area (Å²) in [6.45, 7) is 2.99. The van der Waals surface area contributed by atoms with Crippen molar-refractivity contribution in [3.8, 4) is 0 Å². The van der Waals surface area contributed by atoms with E-state index < -0.39 is 47.6 Å². The minimum absolute atomic E-state index is 0.0553. The maximum Gasteiger partial charge on any atom is 0.265 e. The number of nitrogens with one attached hydrogen (secondary N) is 1. The van der Waals surface area contributed by atoms with Crippen LogP contribution in [0.25, 0.3) is 0 Å². The van der Waals surface area contributed by atoms with Crippen LogP contribution in [0.2, 0.25) is 0 Å². The molecule has 0 aromatic heterocycles. The number of aliphatic hydroxyl groups excluding tert-OH is 4. The average molecular weight is 362 g/mol. The van der Waals surface area contributed by atoms with Gasteiger partial charge in [0.2, 0.25) is 0 Å². The highest BCUT2D eigenvalue weighted by atomic mass is 32.1. The summed E-state index contributed by atoms with van der Waals surface area (Å²) < 4.78 is 0. The fraction of sp³-hybridized carbons (Fsp3) is 0.462. The summed E-state index contributed by atoms with van der Waals surface area (Å²) in [6, 6.07) is 0. The lowest BCUT2D eigenvalue weighted by atomic mass is 10.0. The van der Waals surface area contributed by atoms with Gasteiger partial charge in [-0.05, 0) is 18.3 Å². The molecule has 8 nitrogen and oxygen atoms in total. The average Bonchev–Trinajstić information content (AvgIpc) is 2.52. The Bertz CT molecular complexity index is 539. The summed E-state index contributed by atoms with van der Waals surface area (Å²) in [7, 11) is 0. The molecule has 0 aliphatic carbocycles. The molecule has 0 aromatic carbocycles. The van der Waals surface area contributed by atoms with E-state index in [0.717, 1.165) is 11.0 Å². The lowest BCUT2D eigenvalue weighted by Gasteiger charge is -2.29. The molecule has 0 saturated carbocycles. The Balaban J connectivity index is 2.99. The molecule has 10 heteroatoms. The van der Waals surface area contributed by atoms with Crippen LogP contribution in [0.4, 0.5) is 0 Å². The van der Waals surface area contributed by atoms with Gasteiger partial charge in [0.15, 0.2) is 5.11 Å². The molecule has 5 N–H and O–H groups in total. The van der Waals surface area contributed by atoms with Gasteiger partial charge in [-0.15, -0.1) is 6.58 Å². The zero-order valence-corrected chi connectivity index (χ0v) is 13.7. The van der Waals surface area contributed by atoms with Crippen LogP contribution < -0.4 is 5.32 Å². The Morgan fingerprint density at radius 2 is 1.91 bits per heavy atom. The Morgan fingerprint density at radius 3 is 2.43 bits per heavy atom. The molecule has 1 fully saturated rings. The molecule has 1 heterocycles. The Hall–Kier alpha value is -1.30. The van der Waals surface area contributed by atoms with Crippen LogP contribution in [0, 0.1) is 0 Å². The van der Waals surface area contributed by atoms with Gasteiger partial charge in [0, 0.05) is 6.54 Å². The molecule has 1 aliphatic rings. The molecule has 0 aromatic rings. The van der Waals surface area contributed by atoms with Gasteiger partial charge in [0.25, 0.3) is 11.8 Å². The first kappa shape index (κ1) is 19.7. The van der Waals surface area contributed by atoms with Crippen molar-refractivity contribution < 1.29 is 30.0 Å². The Kier molecular flexibility index (Phi) is 7.32. The molecular formula is C13H18N2O6S2. The quantitative estimate of drug-likeness (QED) is 0.0989. The molecule has 4 atom stereocenters. The number of hydrogen-bond donors (Lipinski definition) is 6. The maximum absolute atomic E-state index is 12.2. The number of amides is 2. The van der Waals surface area contributed by atoms with E-state index >= 15 is 0 Å². The molecule has 1 aliphatic heterocycles. The third-order valence-corrected chi connectivity index (χ3v) is 3.91. The number of nitrogens with zero attached hydrogens (tertiary/aromatic N) is 1. The van der Waals surface area contributed by atoms with Crippen LogP contribution in [0.3, 0.4) is 0 Å². The third-order valence-electron chi connectivity index (χ3n) is 3.12. The summed E-state index contributed by atoms with van der Waals surface area (Å²) in [4.78, 5) is 25.1. The highest BCUT2D eigenvalue weighted by molar-refractivity contribution is 7.81. The van der Waals surface area contributed by atoms with Gasteiger partial charge in [-0.1, -0.05) is 6.08 Å². The van der Waals surface area contributed by atoms with Gasteiger partial charge in [-0.2, -0.15) is 12.6 Å². The first-order chi connectivity index (χ1) is 10.7. The van der Waals surface area contributed by atoms with Crippen LogP contribution in [0.5, 0.6) is 0 Å². The minimum Gasteiger partial charge on any atom is -0.395 e. The van der Waals surface area contributed by atoms with E-state index in [1.165, 1.54) is 6.08 Å². The predicted octanol–water partition coefficient (Wildman–Crippen LogP) is -2.28. The molecule has 0 bridgehead atoms. The fourth-order valence-electron chi connectivity index (χ4n) is 1.82. The van der Waals surface area contributed by atoms with Gasteiger partial charge in [0.1, 0.15) is 17.8 Å². The van der Waals surface area contributed by atoms with Crippen LogP contribution in [0.15, 0.2) is 24.3 Å². The first-order valence-corrected chi connectivity index (χ1v) is 7.50. The number of aliphatic hydroxyl groups is 4. The largest absolute Gasteiger partial charge is 0.395 e. The number of carbonyl (C=O) groups is 2. The van der Waals surface area contributed by atoms with Gasteiger partial charge < -0.3 is 20.4 Å². The summed E-state index contributed by atoms with van der Waals surface area (Å²) >= 11 is 8.70. The highest BCUT2D eigenvalue weighted by Crippen LogP contribution is 2.15. The lowest BCUT2D eigenvalue weighted by molar-refractivity contribution is -0.129. The highest BCUT2D eigenvalue weighted by Gasteiger charge is 2.35. The lowest BCUT2D eigenvalue weighted by Crippen LogP contribution is -2.54. The van der Waals surface area contributed by atoms with Crippen molar-refractivity contribution in [3.63, 3.8) is 0 Å². The van der Waals surface area contributed by atoms with Crippen molar-refractivity contribution >= 4 is 41.8 Å². The van der Waals surface area contributed by atoms with Crippen molar-refractivity contribution in [1.82, 2.24) is 10.2 Å². The molecule has 0 radical (unpaired) electrons. The van der Waals surface area contributed by atoms with E-state index in [0.29, 0.717) is 0 Å². The van der Waals surface area contributed by atoms with Gasteiger partial charge in [0.05, 0.1) is 18.0 Å². The van der Waals surface area contributed by atoms with E-state index in [2.05, 4.69) is 24.5 Å². The van der Waals surface area contributed by atoms with Crippen LogP contribution >= 0.6 is 24.8 Å². The SMILES string of the molecule is C=CCN1C(=O)/C(=C/[C@@H](O)[C@@H](O)[C@H](O)[C@H](S)CO)C(=O)NC1=S. The maximum atomic E-state index is 12.2. The monoisotopic (exact) mass is 362 g/mol. The third kappa shape index (κ3) is 4.59. The fourth-order valence-corrected chi connectivity index (χ4v) is 2.24. The first-order valence-electron chi connectivity index (χ1n) is 6.57. The molecule has 0 spiro atoms. The summed E-state index contributed by atoms with van der Waals surface area (Å²) in [6.07, 6.45) is -2.82. The number of thiocarbonyl (C=S) groups is 1. The molecule has 2 amide bonds. The van der Waals surface area contributed by atoms with E-state index in [1.807, 2.05) is 0 Å². The van der Waals surface area contributed by atoms with Gasteiger partial charge >= 0.3 is 0 Å². The zero-order valence-electron chi connectivity index (χ0n) is 12.0. The Labute approximate surface area is 143 Å². The molecule has 23 heavy (non-hydrogen) atoms. The number of carbonyl (C=O) groups excluding carboxylic acids is 2. The van der Waals surface area contributed by atoms with E-state index in [-0.39, 0.29) is 11.7 Å². The standard InChI is InChI=1S/C13H18N2O6S2/c1-2-3-15-12(21)6(11(20)14-13(15)23)4-7(17)9(18)10(19)8(22)5-16/h2,4,7-10,16-19,22H,1,3,5H2,(H,14,20,23)/b6-4+/t7-,8-,9-,10-/m1/s1. The summed E-state index contributed by atoms with van der Waals surface area (Å²) in [5.41, 5.74) is -0.432. The smallest absolute Gasteiger partial charge is 0.265 e. The van der Waals surface area contributed by atoms with Gasteiger partial charge in [-0.25, -0.2) is 0 Å². The second kappa shape index (κ2) is 8.52. The second-order valence-corrected chi connectivity index (χ2v) is 5.82. The van der Waals surface area contributed by atoms with Crippen molar-refractivity contribution in [3.05, 3.63) is 24.3 Å². The minimum atomic E-state index is -1.75. The van der Waals surface area contributed by atoms with E-state index in [4.69, 9.17) is 17.3 Å². The number of thiol groups is 1. The van der Waals surface area contributed by atoms with Crippen LogP contribution in [-0.4, -0.2) is 79.0 Å². The summed E-state index contributed by atoms with van der Waals surface area (Å²) in [5.74, 6) is -1.59. The van der Waals surface area contributed by atoms with Crippen molar-refractivity contribution in [2.24, 2.45) is 0 Å². The molecule has 0 unspecified atom stereocenters. The topological polar surface area (TPSA) is 130 Å². The number of rotatable bonds is 7. The molecule has 1 saturated heterocycles. The van der Waals surface area contributed by atoms with Crippen LogP contribution in [-0.2, 0) is 9.59 Å². The van der Waals surface area contributed by atoms with Crippen molar-refractivity contribution in [2.45, 2.75) is 23.6 Å². The normalized spacial score (nSPS) is 22.6. The zero-order chi connectivity index (χ0) is 17.7. The van der Waals surface area contributed by atoms with Crippen molar-refractivity contribution in [1.29, 1.82) is 0 Å². The Morgan fingerprint density at radius 1 is 1.30 bits per heavy atom. The predicted molar refractivity (Wildman–Crippen MR) is 88.6 cm³/mol. The van der Waals surface area contributed by atoms with E-state index in [1.54, 1.807) is 0 Å². The van der Waals surface area contributed by atoms with E-state index in [9.17, 15) is 24.9 Å². The summed E-state index contributed by atoms with van der Waals surface area (Å²) in [5, 5.41) is 39.4. The molecule has 1 rings (SSSR count). The number of hydrogen-bond acceptors (Lipinski definition) is 8. The second-order valence-electron chi connectivity index (χ2n) is 4.77. The molecular weight excluding hydrogens is 344 g/mol. The van der Waals surface area contributed by atoms with Crippen molar-refractivity contribution in [2.75, 3.05) is 13.2 Å². The van der Waals surface area contributed by atoms with Gasteiger partial charge in [-0.3, -0.25) is 19.8 Å². The molecule has 128 valence electrons. The van der Waals surface area contributed by atoms with Crippen LogP contribution in [0.1, 0.15) is 0 Å².